The molecule has 1 amide bonds. The van der Waals surface area contributed by atoms with E-state index >= 15 is 0 Å². The molecule has 27 heavy (non-hydrogen) atoms. The third kappa shape index (κ3) is 10.9. The number of amides is 1. The van der Waals surface area contributed by atoms with Crippen LogP contribution in [0.15, 0.2) is 4.99 Å². The number of carbonyl (C=O) groups is 1. The zero-order valence-corrected chi connectivity index (χ0v) is 18.5. The fourth-order valence-electron chi connectivity index (χ4n) is 3.62. The van der Waals surface area contributed by atoms with Gasteiger partial charge in [0.05, 0.1) is 11.5 Å². The van der Waals surface area contributed by atoms with Gasteiger partial charge in [0, 0.05) is 18.8 Å². The Morgan fingerprint density at radius 3 is 2.33 bits per heavy atom. The molecule has 158 valence electrons. The number of unbranched alkanes of at least 4 members (excludes halogenated alkanes) is 7. The molecule has 0 spiro atoms. The summed E-state index contributed by atoms with van der Waals surface area (Å²) in [5.74, 6) is 0.0715. The summed E-state index contributed by atoms with van der Waals surface area (Å²) in [6, 6.07) is 1.13. The number of rotatable bonds is 10. The van der Waals surface area contributed by atoms with Crippen molar-refractivity contribution in [1.82, 2.24) is 10.6 Å². The molecule has 4 nitrogen and oxygen atoms in total. The zero-order chi connectivity index (χ0) is 20.0. The molecule has 0 aromatic rings. The van der Waals surface area contributed by atoms with E-state index in [2.05, 4.69) is 29.5 Å². The Balaban J connectivity index is 0.000000277. The third-order valence-electron chi connectivity index (χ3n) is 5.73. The van der Waals surface area contributed by atoms with Crippen molar-refractivity contribution >= 4 is 12.1 Å². The molecular formula is C23H45N3O. The van der Waals surface area contributed by atoms with E-state index in [9.17, 15) is 4.79 Å². The molecule has 2 N–H and O–H groups in total. The summed E-state index contributed by atoms with van der Waals surface area (Å²) < 4.78 is 0. The van der Waals surface area contributed by atoms with Crippen LogP contribution < -0.4 is 10.6 Å². The Morgan fingerprint density at radius 2 is 1.74 bits per heavy atom. The molecular weight excluding hydrogens is 334 g/mol. The van der Waals surface area contributed by atoms with Crippen LogP contribution in [0, 0.1) is 5.41 Å². The second-order valence-electron chi connectivity index (χ2n) is 8.83. The largest absolute Gasteiger partial charge is 0.353 e. The van der Waals surface area contributed by atoms with Gasteiger partial charge in [-0.3, -0.25) is 9.79 Å². The maximum atomic E-state index is 11.4. The van der Waals surface area contributed by atoms with Crippen molar-refractivity contribution < 1.29 is 4.79 Å². The fourth-order valence-corrected chi connectivity index (χ4v) is 3.62. The molecule has 0 aliphatic carbocycles. The average molecular weight is 380 g/mol. The highest BCUT2D eigenvalue weighted by molar-refractivity contribution is 5.98. The van der Waals surface area contributed by atoms with Gasteiger partial charge in [0.25, 0.3) is 0 Å². The van der Waals surface area contributed by atoms with Crippen LogP contribution in [-0.2, 0) is 4.79 Å². The molecule has 1 fully saturated rings. The van der Waals surface area contributed by atoms with Crippen LogP contribution in [0.1, 0.15) is 105 Å². The lowest BCUT2D eigenvalue weighted by Crippen LogP contribution is -2.37. The van der Waals surface area contributed by atoms with Crippen LogP contribution in [0.3, 0.4) is 0 Å². The first-order valence-electron chi connectivity index (χ1n) is 11.6. The van der Waals surface area contributed by atoms with E-state index < -0.39 is 5.41 Å². The van der Waals surface area contributed by atoms with Crippen LogP contribution in [0.5, 0.6) is 0 Å². The standard InChI is InChI=1S/C14H29N.C9H16N2O/c1-2-3-4-5-6-7-8-9-11-14-12-10-13-15-14;1-4-7-5-10-8(12)9(2,3)6-11-7/h14-15H,2-13H2,1H3;6-7H,4-5H2,1-3H3,(H,10,12). The lowest BCUT2D eigenvalue weighted by Gasteiger charge is -2.15. The van der Waals surface area contributed by atoms with E-state index in [-0.39, 0.29) is 11.9 Å². The molecule has 0 radical (unpaired) electrons. The van der Waals surface area contributed by atoms with Crippen molar-refractivity contribution in [3.8, 4) is 0 Å². The minimum atomic E-state index is -0.441. The molecule has 1 saturated heterocycles. The van der Waals surface area contributed by atoms with Crippen molar-refractivity contribution in [2.75, 3.05) is 13.1 Å². The normalized spacial score (nSPS) is 24.1. The van der Waals surface area contributed by atoms with Crippen molar-refractivity contribution in [3.63, 3.8) is 0 Å². The number of carbonyl (C=O) groups excluding carboxylic acids is 1. The maximum Gasteiger partial charge on any atom is 0.231 e. The van der Waals surface area contributed by atoms with Gasteiger partial charge in [-0.2, -0.15) is 0 Å². The molecule has 0 aromatic carbocycles. The molecule has 0 aromatic heterocycles. The predicted octanol–water partition coefficient (Wildman–Crippen LogP) is 5.26. The lowest BCUT2D eigenvalue weighted by molar-refractivity contribution is -0.125. The van der Waals surface area contributed by atoms with Crippen LogP contribution in [0.4, 0.5) is 0 Å². The number of hydrogen-bond acceptors (Lipinski definition) is 3. The first kappa shape index (κ1) is 24.1. The molecule has 2 rings (SSSR count). The van der Waals surface area contributed by atoms with E-state index in [1.54, 1.807) is 6.21 Å². The van der Waals surface area contributed by atoms with E-state index in [4.69, 9.17) is 0 Å². The van der Waals surface area contributed by atoms with E-state index in [0.717, 1.165) is 12.5 Å². The minimum absolute atomic E-state index is 0.0715. The van der Waals surface area contributed by atoms with E-state index in [1.165, 1.54) is 77.2 Å². The Hall–Kier alpha value is -0.900. The van der Waals surface area contributed by atoms with Crippen LogP contribution >= 0.6 is 0 Å². The van der Waals surface area contributed by atoms with Crippen molar-refractivity contribution in [2.24, 2.45) is 10.4 Å². The highest BCUT2D eigenvalue weighted by atomic mass is 16.2. The lowest BCUT2D eigenvalue weighted by atomic mass is 9.94. The van der Waals surface area contributed by atoms with Gasteiger partial charge >= 0.3 is 0 Å². The summed E-state index contributed by atoms with van der Waals surface area (Å²) in [6.07, 6.45) is 18.6. The van der Waals surface area contributed by atoms with Crippen LogP contribution in [0.2, 0.25) is 0 Å². The second-order valence-corrected chi connectivity index (χ2v) is 8.83. The van der Waals surface area contributed by atoms with Crippen molar-refractivity contribution in [1.29, 1.82) is 0 Å². The fraction of sp³-hybridized carbons (Fsp3) is 0.913. The Labute approximate surface area is 168 Å². The van der Waals surface area contributed by atoms with Crippen LogP contribution in [-0.4, -0.2) is 37.3 Å². The first-order chi connectivity index (χ1) is 13.0. The molecule has 2 heterocycles. The number of hydrogen-bond donors (Lipinski definition) is 2. The highest BCUT2D eigenvalue weighted by Crippen LogP contribution is 2.16. The molecule has 2 aliphatic heterocycles. The highest BCUT2D eigenvalue weighted by Gasteiger charge is 2.28. The van der Waals surface area contributed by atoms with E-state index in [1.807, 2.05) is 13.8 Å². The molecule has 2 unspecified atom stereocenters. The monoisotopic (exact) mass is 379 g/mol. The predicted molar refractivity (Wildman–Crippen MR) is 118 cm³/mol. The molecule has 2 atom stereocenters. The second kappa shape index (κ2) is 14.1. The summed E-state index contributed by atoms with van der Waals surface area (Å²) in [7, 11) is 0. The molecule has 2 aliphatic rings. The summed E-state index contributed by atoms with van der Waals surface area (Å²) in [4.78, 5) is 15.7. The van der Waals surface area contributed by atoms with Gasteiger partial charge in [0.1, 0.15) is 0 Å². The summed E-state index contributed by atoms with van der Waals surface area (Å²) in [5.41, 5.74) is -0.441. The quantitative estimate of drug-likeness (QED) is 0.509. The number of nitrogens with one attached hydrogen (secondary N) is 2. The summed E-state index contributed by atoms with van der Waals surface area (Å²) >= 11 is 0. The van der Waals surface area contributed by atoms with Crippen molar-refractivity contribution in [3.05, 3.63) is 0 Å². The number of nitrogens with zero attached hydrogens (tertiary/aromatic N) is 1. The smallest absolute Gasteiger partial charge is 0.231 e. The van der Waals surface area contributed by atoms with Gasteiger partial charge in [-0.05, 0) is 46.1 Å². The molecule has 4 heteroatoms. The Bertz CT molecular complexity index is 414. The maximum absolute atomic E-state index is 11.4. The van der Waals surface area contributed by atoms with Gasteiger partial charge in [-0.15, -0.1) is 0 Å². The minimum Gasteiger partial charge on any atom is -0.353 e. The molecule has 0 bridgehead atoms. The average Bonchev–Trinajstić information content (AvgIpc) is 3.13. The van der Waals surface area contributed by atoms with Gasteiger partial charge < -0.3 is 10.6 Å². The zero-order valence-electron chi connectivity index (χ0n) is 18.5. The van der Waals surface area contributed by atoms with Gasteiger partial charge in [-0.25, -0.2) is 0 Å². The van der Waals surface area contributed by atoms with Gasteiger partial charge in [0.15, 0.2) is 0 Å². The summed E-state index contributed by atoms with van der Waals surface area (Å²) in [5, 5.41) is 6.45. The topological polar surface area (TPSA) is 53.5 Å². The van der Waals surface area contributed by atoms with Gasteiger partial charge in [0.2, 0.25) is 5.91 Å². The number of aliphatic imine (C=N–C) groups is 1. The Morgan fingerprint density at radius 1 is 1.07 bits per heavy atom. The summed E-state index contributed by atoms with van der Waals surface area (Å²) in [6.45, 7) is 10.1. The van der Waals surface area contributed by atoms with Crippen LogP contribution in [0.25, 0.3) is 0 Å². The SMILES string of the molecule is CCC1CNC(=O)C(C)(C)C=N1.CCCCCCCCCCC1CCCN1. The van der Waals surface area contributed by atoms with Gasteiger partial charge in [-0.1, -0.05) is 65.2 Å². The Kier molecular flexibility index (Phi) is 12.6. The van der Waals surface area contributed by atoms with Crippen molar-refractivity contribution in [2.45, 2.75) is 117 Å². The van der Waals surface area contributed by atoms with E-state index in [0.29, 0.717) is 6.54 Å². The molecule has 0 saturated carbocycles. The first-order valence-corrected chi connectivity index (χ1v) is 11.6. The third-order valence-corrected chi connectivity index (χ3v) is 5.73.